The highest BCUT2D eigenvalue weighted by molar-refractivity contribution is 6.16. The van der Waals surface area contributed by atoms with E-state index in [1.165, 1.54) is 0 Å². The predicted molar refractivity (Wildman–Crippen MR) is 229 cm³/mol. The number of aromatic nitrogens is 3. The minimum Gasteiger partial charge on any atom is -0.456 e. The average molecular weight is 732 g/mol. The molecular weight excluding hydrogens is 703 g/mol. The van der Waals surface area contributed by atoms with E-state index in [0.29, 0.717) is 17.5 Å². The second kappa shape index (κ2) is 12.3. The Kier molecular flexibility index (Phi) is 6.83. The topological polar surface area (TPSA) is 78.1 Å². The molecule has 0 bridgehead atoms. The van der Waals surface area contributed by atoms with Crippen LogP contribution in [0.1, 0.15) is 0 Å². The van der Waals surface area contributed by atoms with Gasteiger partial charge in [-0.15, -0.1) is 0 Å². The molecule has 0 atom stereocenters. The zero-order valence-electron chi connectivity index (χ0n) is 30.3. The lowest BCUT2D eigenvalue weighted by molar-refractivity contribution is 0.668. The number of rotatable bonds is 5. The van der Waals surface area contributed by atoms with Gasteiger partial charge in [0.05, 0.1) is 0 Å². The third kappa shape index (κ3) is 5.08. The van der Waals surface area contributed by atoms with Crippen LogP contribution in [0.3, 0.4) is 0 Å². The van der Waals surface area contributed by atoms with Crippen LogP contribution in [-0.2, 0) is 0 Å². The minimum absolute atomic E-state index is 0.537. The molecule has 8 aromatic carbocycles. The molecule has 0 unspecified atom stereocenters. The summed E-state index contributed by atoms with van der Waals surface area (Å²) in [4.78, 5) is 15.7. The van der Waals surface area contributed by atoms with E-state index in [0.717, 1.165) is 105 Å². The first kappa shape index (κ1) is 31.5. The Morgan fingerprint density at radius 3 is 1.51 bits per heavy atom. The first-order chi connectivity index (χ1) is 28.2. The summed E-state index contributed by atoms with van der Waals surface area (Å²) in [5.41, 5.74) is 11.6. The Hall–Kier alpha value is -7.83. The van der Waals surface area contributed by atoms with Crippen molar-refractivity contribution in [2.24, 2.45) is 0 Å². The van der Waals surface area contributed by atoms with E-state index in [1.54, 1.807) is 0 Å². The molecule has 0 fully saturated rings. The third-order valence-corrected chi connectivity index (χ3v) is 11.0. The molecule has 0 radical (unpaired) electrons. The first-order valence-electron chi connectivity index (χ1n) is 18.9. The summed E-state index contributed by atoms with van der Waals surface area (Å²) in [6.45, 7) is 0. The first-order valence-corrected chi connectivity index (χ1v) is 18.9. The molecule has 0 N–H and O–H groups in total. The smallest absolute Gasteiger partial charge is 0.164 e. The van der Waals surface area contributed by atoms with Crippen LogP contribution in [0.15, 0.2) is 189 Å². The normalized spacial score (nSPS) is 11.9. The van der Waals surface area contributed by atoms with Gasteiger partial charge in [0.15, 0.2) is 17.5 Å². The molecule has 12 aromatic rings. The van der Waals surface area contributed by atoms with E-state index >= 15 is 0 Å². The van der Waals surface area contributed by atoms with Gasteiger partial charge in [-0.3, -0.25) is 0 Å². The maximum absolute atomic E-state index is 6.61. The standard InChI is InChI=1S/C51H29N3O3/c1-2-11-30(12-3-1)31-21-23-32(24-22-31)49-52-50(33-25-26-37-36-13-4-7-17-41(36)56-45(37)28-33)54-51(53-49)40-27-34(29-46-48(40)39-15-6-9-19-43(39)57-46)35-16-10-20-44-47(35)38-14-5-8-18-42(38)55-44/h1-29H. The highest BCUT2D eigenvalue weighted by Gasteiger charge is 2.22. The summed E-state index contributed by atoms with van der Waals surface area (Å²) in [6, 6.07) is 59.8. The van der Waals surface area contributed by atoms with Crippen LogP contribution >= 0.6 is 0 Å². The summed E-state index contributed by atoms with van der Waals surface area (Å²) >= 11 is 0. The molecule has 4 heterocycles. The molecule has 0 aliphatic rings. The van der Waals surface area contributed by atoms with Gasteiger partial charge in [0.1, 0.15) is 33.5 Å². The molecule has 6 nitrogen and oxygen atoms in total. The quantitative estimate of drug-likeness (QED) is 0.175. The van der Waals surface area contributed by atoms with Crippen molar-refractivity contribution in [3.05, 3.63) is 176 Å². The number of hydrogen-bond donors (Lipinski definition) is 0. The van der Waals surface area contributed by atoms with Crippen molar-refractivity contribution >= 4 is 65.8 Å². The Labute approximate surface area is 325 Å². The monoisotopic (exact) mass is 731 g/mol. The lowest BCUT2D eigenvalue weighted by Gasteiger charge is -2.12. The largest absolute Gasteiger partial charge is 0.456 e. The van der Waals surface area contributed by atoms with Crippen molar-refractivity contribution in [3.8, 4) is 56.4 Å². The van der Waals surface area contributed by atoms with Gasteiger partial charge in [-0.25, -0.2) is 15.0 Å². The minimum atomic E-state index is 0.537. The molecule has 0 aliphatic carbocycles. The van der Waals surface area contributed by atoms with Gasteiger partial charge in [0.2, 0.25) is 0 Å². The summed E-state index contributed by atoms with van der Waals surface area (Å²) in [5.74, 6) is 1.64. The van der Waals surface area contributed by atoms with Crippen LogP contribution in [0.5, 0.6) is 0 Å². The average Bonchev–Trinajstić information content (AvgIpc) is 3.97. The van der Waals surface area contributed by atoms with E-state index in [1.807, 2.05) is 78.9 Å². The Bertz CT molecular complexity index is 3520. The molecule has 12 rings (SSSR count). The van der Waals surface area contributed by atoms with Crippen LogP contribution in [0.2, 0.25) is 0 Å². The van der Waals surface area contributed by atoms with Crippen LogP contribution < -0.4 is 0 Å². The SMILES string of the molecule is c1ccc(-c2ccc(-c3nc(-c4ccc5c(c4)oc4ccccc45)nc(-c4cc(-c5cccc6oc7ccccc7c56)cc5oc6ccccc6c45)n3)cc2)cc1. The Morgan fingerprint density at radius 1 is 0.263 bits per heavy atom. The number of hydrogen-bond acceptors (Lipinski definition) is 6. The zero-order valence-corrected chi connectivity index (χ0v) is 30.3. The van der Waals surface area contributed by atoms with Crippen LogP contribution in [-0.4, -0.2) is 15.0 Å². The van der Waals surface area contributed by atoms with E-state index in [2.05, 4.69) is 97.1 Å². The second-order valence-corrected chi connectivity index (χ2v) is 14.3. The van der Waals surface area contributed by atoms with Crippen LogP contribution in [0.4, 0.5) is 0 Å². The fourth-order valence-electron chi connectivity index (χ4n) is 8.26. The molecule has 266 valence electrons. The third-order valence-electron chi connectivity index (χ3n) is 11.0. The fraction of sp³-hybridized carbons (Fsp3) is 0. The van der Waals surface area contributed by atoms with Gasteiger partial charge in [0, 0.05) is 49.0 Å². The molecule has 0 aliphatic heterocycles. The van der Waals surface area contributed by atoms with Crippen molar-refractivity contribution < 1.29 is 13.3 Å². The maximum atomic E-state index is 6.61. The van der Waals surface area contributed by atoms with Crippen LogP contribution in [0, 0.1) is 0 Å². The lowest BCUT2D eigenvalue weighted by atomic mass is 9.95. The summed E-state index contributed by atoms with van der Waals surface area (Å²) < 4.78 is 19.3. The van der Waals surface area contributed by atoms with Crippen LogP contribution in [0.25, 0.3) is 122 Å². The van der Waals surface area contributed by atoms with E-state index < -0.39 is 0 Å². The van der Waals surface area contributed by atoms with E-state index in [-0.39, 0.29) is 0 Å². The molecule has 0 spiro atoms. The lowest BCUT2D eigenvalue weighted by Crippen LogP contribution is -2.01. The van der Waals surface area contributed by atoms with Crippen molar-refractivity contribution in [1.82, 2.24) is 15.0 Å². The number of benzene rings is 8. The van der Waals surface area contributed by atoms with Gasteiger partial charge in [-0.1, -0.05) is 127 Å². The highest BCUT2D eigenvalue weighted by atomic mass is 16.3. The van der Waals surface area contributed by atoms with Gasteiger partial charge in [0.25, 0.3) is 0 Å². The molecule has 0 saturated heterocycles. The van der Waals surface area contributed by atoms with E-state index in [4.69, 9.17) is 28.2 Å². The van der Waals surface area contributed by atoms with Crippen molar-refractivity contribution in [2.45, 2.75) is 0 Å². The molecule has 4 aromatic heterocycles. The fourth-order valence-corrected chi connectivity index (χ4v) is 8.26. The number of furan rings is 3. The number of para-hydroxylation sites is 3. The second-order valence-electron chi connectivity index (χ2n) is 14.3. The zero-order chi connectivity index (χ0) is 37.5. The van der Waals surface area contributed by atoms with Gasteiger partial charge < -0.3 is 13.3 Å². The molecule has 6 heteroatoms. The summed E-state index contributed by atoms with van der Waals surface area (Å²) in [6.07, 6.45) is 0. The van der Waals surface area contributed by atoms with Crippen molar-refractivity contribution in [3.63, 3.8) is 0 Å². The van der Waals surface area contributed by atoms with Gasteiger partial charge in [-0.05, 0) is 70.8 Å². The van der Waals surface area contributed by atoms with Gasteiger partial charge in [-0.2, -0.15) is 0 Å². The molecular formula is C51H29N3O3. The molecule has 0 amide bonds. The predicted octanol–water partition coefficient (Wildman–Crippen LogP) is 13.9. The number of nitrogens with zero attached hydrogens (tertiary/aromatic N) is 3. The van der Waals surface area contributed by atoms with E-state index in [9.17, 15) is 0 Å². The highest BCUT2D eigenvalue weighted by Crippen LogP contribution is 2.43. The maximum Gasteiger partial charge on any atom is 0.164 e. The molecule has 0 saturated carbocycles. The van der Waals surface area contributed by atoms with Gasteiger partial charge >= 0.3 is 0 Å². The Morgan fingerprint density at radius 2 is 0.754 bits per heavy atom. The summed E-state index contributed by atoms with van der Waals surface area (Å²) in [5, 5.41) is 6.14. The Balaban J connectivity index is 1.12. The molecule has 57 heavy (non-hydrogen) atoms. The van der Waals surface area contributed by atoms with Crippen molar-refractivity contribution in [2.75, 3.05) is 0 Å². The number of fused-ring (bicyclic) bond motifs is 9. The van der Waals surface area contributed by atoms with Crippen molar-refractivity contribution in [1.29, 1.82) is 0 Å². The summed E-state index contributed by atoms with van der Waals surface area (Å²) in [7, 11) is 0.